The fourth-order valence-electron chi connectivity index (χ4n) is 5.77. The third kappa shape index (κ3) is 7.56. The highest BCUT2D eigenvalue weighted by atomic mass is 35.5. The summed E-state index contributed by atoms with van der Waals surface area (Å²) in [4.78, 5) is -0.178. The Bertz CT molecular complexity index is 1140. The van der Waals surface area contributed by atoms with Crippen LogP contribution in [0.4, 0.5) is 0 Å². The molecule has 2 aromatic rings. The van der Waals surface area contributed by atoms with Gasteiger partial charge in [-0.2, -0.15) is 0 Å². The standard InChI is InChI=1S/C20H32N2O5.C7H8O3S.ClH/c1-26-20-19(25)18(24)17(23)16(27-20)14-22-10-7-21(8-11-22,9-12-22)13-15-5-3-2-4-6-15;1-6-2-4-7(5-3-6)11(8,9)10;/h2-6,16-20,23-25H,7-14H2,1H3;2-5H,1H3,(H,8,9,10);1H/q+2;;/p-2/t16-,17-,18+,19-,20+,21?,22?;;/m1../s1. The quantitative estimate of drug-likeness (QED) is 0.244. The number of methoxy groups -OCH3 is 1. The van der Waals surface area contributed by atoms with E-state index in [0.29, 0.717) is 6.54 Å². The fourth-order valence-corrected chi connectivity index (χ4v) is 6.24. The van der Waals surface area contributed by atoms with Crippen LogP contribution in [-0.4, -0.2) is 121 Å². The lowest BCUT2D eigenvalue weighted by Gasteiger charge is -2.57. The number of hydrogen-bond donors (Lipinski definition) is 3. The van der Waals surface area contributed by atoms with Gasteiger partial charge >= 0.3 is 0 Å². The summed E-state index contributed by atoms with van der Waals surface area (Å²) in [6.45, 7) is 10.1. The predicted molar refractivity (Wildman–Crippen MR) is 138 cm³/mol. The molecule has 12 heteroatoms. The summed E-state index contributed by atoms with van der Waals surface area (Å²) in [5, 5.41) is 30.5. The Hall–Kier alpha value is -1.64. The van der Waals surface area contributed by atoms with E-state index in [0.717, 1.165) is 60.3 Å². The molecule has 0 aliphatic carbocycles. The number of halogens is 1. The minimum absolute atomic E-state index is 0. The normalized spacial score (nSPS) is 33.9. The molecule has 3 N–H and O–H groups in total. The van der Waals surface area contributed by atoms with Crippen molar-refractivity contribution in [1.29, 1.82) is 0 Å². The lowest BCUT2D eigenvalue weighted by atomic mass is 9.96. The van der Waals surface area contributed by atoms with Crippen molar-refractivity contribution >= 4 is 10.1 Å². The van der Waals surface area contributed by atoms with Gasteiger partial charge in [0.15, 0.2) is 6.29 Å². The highest BCUT2D eigenvalue weighted by Gasteiger charge is 2.53. The first-order chi connectivity index (χ1) is 18.0. The van der Waals surface area contributed by atoms with Crippen molar-refractivity contribution < 1.29 is 59.1 Å². The second kappa shape index (κ2) is 12.9. The minimum atomic E-state index is -4.27. The first-order valence-electron chi connectivity index (χ1n) is 13.0. The molecule has 218 valence electrons. The van der Waals surface area contributed by atoms with E-state index in [1.165, 1.54) is 24.8 Å². The minimum Gasteiger partial charge on any atom is -1.00 e. The summed E-state index contributed by atoms with van der Waals surface area (Å²) in [6, 6.07) is 16.5. The van der Waals surface area contributed by atoms with Crippen molar-refractivity contribution in [2.24, 2.45) is 0 Å². The number of quaternary nitrogens is 2. The Morgan fingerprint density at radius 2 is 1.41 bits per heavy atom. The van der Waals surface area contributed by atoms with Crippen LogP contribution < -0.4 is 12.4 Å². The Balaban J connectivity index is 0.000000297. The number of benzene rings is 2. The highest BCUT2D eigenvalue weighted by molar-refractivity contribution is 7.85. The average Bonchev–Trinajstić information content (AvgIpc) is 2.91. The molecule has 2 aromatic carbocycles. The van der Waals surface area contributed by atoms with Crippen LogP contribution in [0, 0.1) is 6.92 Å². The van der Waals surface area contributed by atoms with E-state index in [4.69, 9.17) is 9.47 Å². The molecule has 0 unspecified atom stereocenters. The molecule has 4 aliphatic heterocycles. The second-order valence-corrected chi connectivity index (χ2v) is 12.2. The van der Waals surface area contributed by atoms with E-state index >= 15 is 0 Å². The number of rotatable bonds is 6. The number of aryl methyl sites for hydroxylation is 1. The lowest BCUT2D eigenvalue weighted by Crippen LogP contribution is -3.00. The van der Waals surface area contributed by atoms with Gasteiger partial charge in [-0.1, -0.05) is 48.0 Å². The maximum absolute atomic E-state index is 10.4. The van der Waals surface area contributed by atoms with E-state index in [1.54, 1.807) is 12.1 Å². The van der Waals surface area contributed by atoms with Crippen molar-refractivity contribution in [3.05, 3.63) is 65.7 Å². The molecule has 6 rings (SSSR count). The number of ether oxygens (including phenoxy) is 2. The van der Waals surface area contributed by atoms with Crippen LogP contribution in [0.1, 0.15) is 11.1 Å². The van der Waals surface area contributed by atoms with Crippen molar-refractivity contribution in [3.63, 3.8) is 0 Å². The highest BCUT2D eigenvalue weighted by Crippen LogP contribution is 2.32. The molecule has 4 saturated heterocycles. The molecule has 5 atom stereocenters. The Kier molecular flexibility index (Phi) is 10.5. The van der Waals surface area contributed by atoms with Gasteiger partial charge in [-0.25, -0.2) is 8.42 Å². The van der Waals surface area contributed by atoms with Crippen LogP contribution in [0.25, 0.3) is 0 Å². The van der Waals surface area contributed by atoms with Crippen LogP contribution in [0.5, 0.6) is 0 Å². The van der Waals surface area contributed by atoms with Crippen LogP contribution in [-0.2, 0) is 26.1 Å². The van der Waals surface area contributed by atoms with Crippen molar-refractivity contribution in [1.82, 2.24) is 0 Å². The van der Waals surface area contributed by atoms with Crippen LogP contribution >= 0.6 is 0 Å². The number of nitrogens with zero attached hydrogens (tertiary/aromatic N) is 2. The summed E-state index contributed by atoms with van der Waals surface area (Å²) < 4.78 is 44.2. The Morgan fingerprint density at radius 1 is 0.872 bits per heavy atom. The Labute approximate surface area is 236 Å². The van der Waals surface area contributed by atoms with Gasteiger partial charge in [0, 0.05) is 12.7 Å². The number of piperazine rings is 3. The molecule has 0 spiro atoms. The number of hydrogen-bond acceptors (Lipinski definition) is 8. The zero-order valence-corrected chi connectivity index (χ0v) is 23.9. The maximum Gasteiger partial charge on any atom is 0.186 e. The van der Waals surface area contributed by atoms with Gasteiger partial charge in [0.1, 0.15) is 86.9 Å². The van der Waals surface area contributed by atoms with E-state index < -0.39 is 40.8 Å². The molecular weight excluding hydrogens is 548 g/mol. The zero-order valence-electron chi connectivity index (χ0n) is 22.3. The smallest absolute Gasteiger partial charge is 0.186 e. The van der Waals surface area contributed by atoms with Gasteiger partial charge in [-0.15, -0.1) is 0 Å². The van der Waals surface area contributed by atoms with Gasteiger partial charge in [0.05, 0.1) is 4.90 Å². The summed E-state index contributed by atoms with van der Waals surface area (Å²) >= 11 is 0. The van der Waals surface area contributed by atoms with Gasteiger partial charge in [0.25, 0.3) is 0 Å². The summed E-state index contributed by atoms with van der Waals surface area (Å²) in [5.41, 5.74) is 2.32. The van der Waals surface area contributed by atoms with Gasteiger partial charge in [0.2, 0.25) is 0 Å². The lowest BCUT2D eigenvalue weighted by molar-refractivity contribution is -1.09. The average molecular weight is 587 g/mol. The van der Waals surface area contributed by atoms with E-state index in [9.17, 15) is 28.3 Å². The predicted octanol–water partition coefficient (Wildman–Crippen LogP) is -2.80. The molecular formula is C27H39ClN2O8S. The molecule has 4 fully saturated rings. The van der Waals surface area contributed by atoms with Crippen molar-refractivity contribution in [3.8, 4) is 0 Å². The van der Waals surface area contributed by atoms with Gasteiger partial charge < -0.3 is 50.7 Å². The van der Waals surface area contributed by atoms with E-state index in [2.05, 4.69) is 30.3 Å². The van der Waals surface area contributed by atoms with E-state index in [1.807, 2.05) is 6.92 Å². The number of fused-ring (bicyclic) bond motifs is 3. The zero-order chi connectivity index (χ0) is 27.6. The number of aliphatic hydroxyl groups excluding tert-OH is 3. The first-order valence-corrected chi connectivity index (χ1v) is 14.4. The Morgan fingerprint density at radius 3 is 1.92 bits per heavy atom. The third-order valence-electron chi connectivity index (χ3n) is 8.28. The first kappa shape index (κ1) is 31.9. The van der Waals surface area contributed by atoms with Gasteiger partial charge in [-0.3, -0.25) is 0 Å². The summed E-state index contributed by atoms with van der Waals surface area (Å²) in [7, 11) is -2.83. The van der Waals surface area contributed by atoms with Crippen molar-refractivity contribution in [2.45, 2.75) is 49.1 Å². The topological polar surface area (TPSA) is 136 Å². The molecule has 2 bridgehead atoms. The van der Waals surface area contributed by atoms with Crippen molar-refractivity contribution in [2.75, 3.05) is 52.9 Å². The molecule has 39 heavy (non-hydrogen) atoms. The van der Waals surface area contributed by atoms with Crippen LogP contribution in [0.15, 0.2) is 59.5 Å². The van der Waals surface area contributed by atoms with E-state index in [-0.39, 0.29) is 17.3 Å². The fraction of sp³-hybridized carbons (Fsp3) is 0.556. The third-order valence-corrected chi connectivity index (χ3v) is 9.13. The largest absolute Gasteiger partial charge is 1.00 e. The molecule has 4 aliphatic rings. The molecule has 4 heterocycles. The second-order valence-electron chi connectivity index (χ2n) is 10.9. The summed E-state index contributed by atoms with van der Waals surface area (Å²) in [5.74, 6) is 0. The molecule has 0 amide bonds. The monoisotopic (exact) mass is 586 g/mol. The molecule has 0 saturated carbocycles. The number of aliphatic hydroxyl groups is 3. The SMILES string of the molecule is CO[C@H]1O[C@H](C[N+]23CC[N+](Cc4ccccc4)(CC2)CC3)[C@@H](O)[C@H](O)[C@H]1O.Cc1ccc(S(=O)(=O)[O-])cc1.[Cl-]. The van der Waals surface area contributed by atoms with Crippen LogP contribution in [0.3, 0.4) is 0 Å². The molecule has 0 aromatic heterocycles. The molecule has 10 nitrogen and oxygen atoms in total. The van der Waals surface area contributed by atoms with Crippen LogP contribution in [0.2, 0.25) is 0 Å². The molecule has 0 radical (unpaired) electrons. The maximum atomic E-state index is 10.4. The summed E-state index contributed by atoms with van der Waals surface area (Å²) in [6.07, 6.45) is -4.98. The van der Waals surface area contributed by atoms with Gasteiger partial charge in [-0.05, 0) is 19.1 Å².